The molecule has 0 bridgehead atoms. The average molecular weight is 173 g/mol. The Balaban J connectivity index is 2.47. The van der Waals surface area contributed by atoms with Gasteiger partial charge in [-0.2, -0.15) is 0 Å². The number of hydrogen-bond acceptors (Lipinski definition) is 2. The summed E-state index contributed by atoms with van der Waals surface area (Å²) >= 11 is 0. The lowest BCUT2D eigenvalue weighted by molar-refractivity contribution is 1.01. The summed E-state index contributed by atoms with van der Waals surface area (Å²) in [5.41, 5.74) is 8.59. The highest BCUT2D eigenvalue weighted by atomic mass is 14.9. The fraction of sp³-hybridized carbons (Fsp3) is 0.100. The molecule has 66 valence electrons. The van der Waals surface area contributed by atoms with Crippen LogP contribution in [-0.2, 0) is 6.54 Å². The fourth-order valence-electron chi connectivity index (χ4n) is 1.32. The highest BCUT2D eigenvalue weighted by Crippen LogP contribution is 2.18. The second-order valence-corrected chi connectivity index (χ2v) is 2.80. The first-order valence-corrected chi connectivity index (χ1v) is 4.19. The van der Waals surface area contributed by atoms with E-state index in [2.05, 4.69) is 9.97 Å². The molecule has 13 heavy (non-hydrogen) atoms. The summed E-state index contributed by atoms with van der Waals surface area (Å²) in [6.07, 6.45) is 1.67. The largest absolute Gasteiger partial charge is 0.347 e. The maximum atomic E-state index is 5.56. The Bertz CT molecular complexity index is 378. The van der Waals surface area contributed by atoms with E-state index in [9.17, 15) is 0 Å². The molecule has 0 spiro atoms. The second-order valence-electron chi connectivity index (χ2n) is 2.80. The van der Waals surface area contributed by atoms with Gasteiger partial charge in [-0.25, -0.2) is 4.98 Å². The van der Waals surface area contributed by atoms with Gasteiger partial charge in [0.05, 0.1) is 17.7 Å². The molecule has 0 fully saturated rings. The van der Waals surface area contributed by atoms with Crippen molar-refractivity contribution in [2.45, 2.75) is 6.54 Å². The highest BCUT2D eigenvalue weighted by molar-refractivity contribution is 5.61. The first kappa shape index (κ1) is 8.01. The van der Waals surface area contributed by atoms with Gasteiger partial charge in [0.1, 0.15) is 0 Å². The van der Waals surface area contributed by atoms with Gasteiger partial charge in [-0.15, -0.1) is 0 Å². The molecule has 0 radical (unpaired) electrons. The van der Waals surface area contributed by atoms with Crippen molar-refractivity contribution < 1.29 is 0 Å². The van der Waals surface area contributed by atoms with Gasteiger partial charge >= 0.3 is 0 Å². The van der Waals surface area contributed by atoms with Gasteiger partial charge in [-0.05, 0) is 0 Å². The van der Waals surface area contributed by atoms with Gasteiger partial charge in [-0.1, -0.05) is 30.3 Å². The Kier molecular flexibility index (Phi) is 2.10. The van der Waals surface area contributed by atoms with E-state index in [0.717, 1.165) is 17.0 Å². The molecule has 0 aliphatic rings. The Morgan fingerprint density at radius 1 is 1.23 bits per heavy atom. The first-order chi connectivity index (χ1) is 6.42. The van der Waals surface area contributed by atoms with E-state index in [1.807, 2.05) is 30.3 Å². The number of aromatic amines is 1. The Hall–Kier alpha value is -1.61. The van der Waals surface area contributed by atoms with E-state index in [1.165, 1.54) is 0 Å². The first-order valence-electron chi connectivity index (χ1n) is 4.19. The van der Waals surface area contributed by atoms with Crippen LogP contribution in [0.2, 0.25) is 0 Å². The zero-order chi connectivity index (χ0) is 9.10. The third-order valence-corrected chi connectivity index (χ3v) is 1.97. The minimum atomic E-state index is 0.490. The van der Waals surface area contributed by atoms with Crippen LogP contribution in [0.3, 0.4) is 0 Å². The van der Waals surface area contributed by atoms with E-state index in [4.69, 9.17) is 5.73 Å². The monoisotopic (exact) mass is 173 g/mol. The van der Waals surface area contributed by atoms with Gasteiger partial charge < -0.3 is 10.7 Å². The maximum absolute atomic E-state index is 5.56. The maximum Gasteiger partial charge on any atom is 0.0929 e. The highest BCUT2D eigenvalue weighted by Gasteiger charge is 2.04. The predicted octanol–water partition coefficient (Wildman–Crippen LogP) is 1.54. The Morgan fingerprint density at radius 2 is 2.00 bits per heavy atom. The number of imidazole rings is 1. The molecule has 0 unspecified atom stereocenters. The molecular formula is C10H11N3. The molecule has 0 atom stereocenters. The molecule has 2 rings (SSSR count). The van der Waals surface area contributed by atoms with Crippen molar-refractivity contribution in [3.63, 3.8) is 0 Å². The normalized spacial score (nSPS) is 10.2. The van der Waals surface area contributed by atoms with Gasteiger partial charge in [-0.3, -0.25) is 0 Å². The molecule has 1 aromatic carbocycles. The lowest BCUT2D eigenvalue weighted by atomic mass is 10.1. The molecule has 0 saturated heterocycles. The molecule has 3 nitrogen and oxygen atoms in total. The van der Waals surface area contributed by atoms with Crippen molar-refractivity contribution in [1.29, 1.82) is 0 Å². The minimum absolute atomic E-state index is 0.490. The molecule has 3 N–H and O–H groups in total. The second kappa shape index (κ2) is 3.41. The van der Waals surface area contributed by atoms with E-state index < -0.39 is 0 Å². The van der Waals surface area contributed by atoms with Gasteiger partial charge in [0.2, 0.25) is 0 Å². The number of nitrogens with one attached hydrogen (secondary N) is 1. The van der Waals surface area contributed by atoms with E-state index in [1.54, 1.807) is 6.33 Å². The third-order valence-electron chi connectivity index (χ3n) is 1.97. The number of aromatic nitrogens is 2. The van der Waals surface area contributed by atoms with Gasteiger partial charge in [0, 0.05) is 12.1 Å². The summed E-state index contributed by atoms with van der Waals surface area (Å²) < 4.78 is 0. The Morgan fingerprint density at radius 3 is 2.69 bits per heavy atom. The van der Waals surface area contributed by atoms with E-state index >= 15 is 0 Å². The molecule has 3 heteroatoms. The van der Waals surface area contributed by atoms with Crippen LogP contribution < -0.4 is 5.73 Å². The van der Waals surface area contributed by atoms with Gasteiger partial charge in [0.25, 0.3) is 0 Å². The number of nitrogens with two attached hydrogens (primary N) is 1. The molecule has 1 heterocycles. The van der Waals surface area contributed by atoms with Gasteiger partial charge in [0.15, 0.2) is 0 Å². The number of H-pyrrole nitrogens is 1. The summed E-state index contributed by atoms with van der Waals surface area (Å²) in [4.78, 5) is 7.24. The van der Waals surface area contributed by atoms with Crippen LogP contribution >= 0.6 is 0 Å². The number of nitrogens with zero attached hydrogens (tertiary/aromatic N) is 1. The molecule has 2 aromatic rings. The molecule has 0 aliphatic carbocycles. The van der Waals surface area contributed by atoms with Crippen LogP contribution in [0.25, 0.3) is 11.3 Å². The van der Waals surface area contributed by atoms with E-state index in [0.29, 0.717) is 6.54 Å². The number of benzene rings is 1. The van der Waals surface area contributed by atoms with Crippen molar-refractivity contribution in [1.82, 2.24) is 9.97 Å². The van der Waals surface area contributed by atoms with E-state index in [-0.39, 0.29) is 0 Å². The number of rotatable bonds is 2. The van der Waals surface area contributed by atoms with Crippen LogP contribution in [0.5, 0.6) is 0 Å². The number of hydrogen-bond donors (Lipinski definition) is 2. The van der Waals surface area contributed by atoms with Crippen LogP contribution in [0.15, 0.2) is 36.7 Å². The lowest BCUT2D eigenvalue weighted by Gasteiger charge is -1.98. The predicted molar refractivity (Wildman–Crippen MR) is 51.9 cm³/mol. The standard InChI is InChI=1S/C10H11N3/c11-6-9-10(13-7-12-9)8-4-2-1-3-5-8/h1-5,7H,6,11H2,(H,12,13). The third kappa shape index (κ3) is 1.46. The van der Waals surface area contributed by atoms with Crippen molar-refractivity contribution in [3.8, 4) is 11.3 Å². The molecule has 0 aliphatic heterocycles. The molecule has 0 amide bonds. The van der Waals surface area contributed by atoms with Crippen LogP contribution in [0.1, 0.15) is 5.69 Å². The Labute approximate surface area is 76.6 Å². The minimum Gasteiger partial charge on any atom is -0.347 e. The quantitative estimate of drug-likeness (QED) is 0.723. The molecular weight excluding hydrogens is 162 g/mol. The smallest absolute Gasteiger partial charge is 0.0929 e. The van der Waals surface area contributed by atoms with Crippen molar-refractivity contribution in [3.05, 3.63) is 42.4 Å². The molecule has 0 saturated carbocycles. The zero-order valence-electron chi connectivity index (χ0n) is 7.20. The van der Waals surface area contributed by atoms with Crippen molar-refractivity contribution >= 4 is 0 Å². The van der Waals surface area contributed by atoms with Crippen molar-refractivity contribution in [2.75, 3.05) is 0 Å². The summed E-state index contributed by atoms with van der Waals surface area (Å²) in [7, 11) is 0. The lowest BCUT2D eigenvalue weighted by Crippen LogP contribution is -1.98. The topological polar surface area (TPSA) is 54.7 Å². The van der Waals surface area contributed by atoms with Crippen LogP contribution in [0, 0.1) is 0 Å². The van der Waals surface area contributed by atoms with Crippen LogP contribution in [-0.4, -0.2) is 9.97 Å². The summed E-state index contributed by atoms with van der Waals surface area (Å²) in [5.74, 6) is 0. The average Bonchev–Trinajstić information content (AvgIpc) is 2.67. The zero-order valence-corrected chi connectivity index (χ0v) is 7.20. The summed E-state index contributed by atoms with van der Waals surface area (Å²) in [6.45, 7) is 0.490. The van der Waals surface area contributed by atoms with Crippen LogP contribution in [0.4, 0.5) is 0 Å². The summed E-state index contributed by atoms with van der Waals surface area (Å²) in [6, 6.07) is 10.0. The molecule has 1 aromatic heterocycles. The summed E-state index contributed by atoms with van der Waals surface area (Å²) in [5, 5.41) is 0. The van der Waals surface area contributed by atoms with Crippen molar-refractivity contribution in [2.24, 2.45) is 5.73 Å². The fourth-order valence-corrected chi connectivity index (χ4v) is 1.32. The SMILES string of the molecule is NCc1[nH]cnc1-c1ccccc1.